The maximum atomic E-state index is 10.7. The number of fused-ring (bicyclic) bond motifs is 4. The van der Waals surface area contributed by atoms with E-state index < -0.39 is 154 Å². The van der Waals surface area contributed by atoms with E-state index in [0.29, 0.717) is 55.5 Å². The SMILES string of the molecule is [2H]c1c([2H])c([2H])c(-c2cnc(-n3c4[c-]c(Oc5[c-]c(-n6[c-][n+](-c7c(-c8cc(C(C)(C)C)cc(C(C)(C)C)c8)cc(C(C)(C)C)cc7-c7c([2H])c(-c8c([2H])c([2H])c([2H])c([2H])c8[2H])c([2H])c(-c8c([2H])c([2H])c([2H])c([2H])c8[2H])c7[2H])c7ccc(-c8ccc(C(C)(C)C)cc8)cc76)ccc5)ccc4c4ccccc43)cc2C([2H])([2H])[2H])c([2H])c1[2H].[Pt]. The number of para-hydroxylation sites is 1. The summed E-state index contributed by atoms with van der Waals surface area (Å²) in [5.74, 6) is 0.501. The molecular weight excluding hydrogens is 1340 g/mol. The van der Waals surface area contributed by atoms with E-state index in [1.54, 1.807) is 27.3 Å². The van der Waals surface area contributed by atoms with Crippen LogP contribution in [0.1, 0.15) is 140 Å². The van der Waals surface area contributed by atoms with Crippen molar-refractivity contribution < 1.29 is 59.2 Å². The van der Waals surface area contributed by atoms with Gasteiger partial charge in [-0.2, -0.15) is 18.2 Å². The molecule has 0 aliphatic carbocycles. The fraction of sp³-hybridized carbons (Fsp3) is 0.191. The van der Waals surface area contributed by atoms with E-state index in [9.17, 15) is 9.60 Å². The van der Waals surface area contributed by atoms with Crippen LogP contribution in [0.2, 0.25) is 0 Å². The molecule has 6 heteroatoms. The summed E-state index contributed by atoms with van der Waals surface area (Å²) in [6.07, 6.45) is 4.95. The van der Waals surface area contributed by atoms with Crippen LogP contribution in [0.25, 0.3) is 117 Å². The molecule has 0 N–H and O–H groups in total. The van der Waals surface area contributed by atoms with Gasteiger partial charge in [-0.15, -0.1) is 29.7 Å². The van der Waals surface area contributed by atoms with E-state index in [-0.39, 0.29) is 71.6 Å². The van der Waals surface area contributed by atoms with E-state index in [1.165, 1.54) is 12.3 Å². The van der Waals surface area contributed by atoms with Gasteiger partial charge in [0.1, 0.15) is 5.82 Å². The molecule has 95 heavy (non-hydrogen) atoms. The molecule has 3 aromatic heterocycles. The summed E-state index contributed by atoms with van der Waals surface area (Å²) in [6.45, 7) is 22.2. The van der Waals surface area contributed by atoms with Gasteiger partial charge in [0.15, 0.2) is 0 Å². The summed E-state index contributed by atoms with van der Waals surface area (Å²) < 4.78 is 204. The Labute approximate surface area is 605 Å². The third-order valence-electron chi connectivity index (χ3n) is 17.1. The predicted molar refractivity (Wildman–Crippen MR) is 392 cm³/mol. The molecule has 0 amide bonds. The van der Waals surface area contributed by atoms with E-state index in [2.05, 4.69) is 129 Å². The average molecular weight is 1440 g/mol. The van der Waals surface area contributed by atoms with Crippen LogP contribution in [0.15, 0.2) is 248 Å². The molecule has 14 rings (SSSR count). The minimum atomic E-state index is -2.87. The van der Waals surface area contributed by atoms with Crippen molar-refractivity contribution in [2.75, 3.05) is 0 Å². The van der Waals surface area contributed by atoms with Gasteiger partial charge in [0.25, 0.3) is 6.33 Å². The number of aryl methyl sites for hydroxylation is 1. The molecule has 0 saturated carbocycles. The minimum Gasteiger partial charge on any atom is -0.510 e. The zero-order chi connectivity index (χ0) is 83.6. The number of rotatable bonds is 11. The second-order valence-corrected chi connectivity index (χ2v) is 27.8. The topological polar surface area (TPSA) is 35.9 Å². The molecule has 474 valence electrons. The number of nitrogens with zero attached hydrogens (tertiary/aromatic N) is 4. The number of aromatic nitrogens is 4. The van der Waals surface area contributed by atoms with Crippen molar-refractivity contribution in [2.45, 2.75) is 112 Å². The molecule has 0 radical (unpaired) electrons. The second-order valence-electron chi connectivity index (χ2n) is 27.8. The Kier molecular flexibility index (Phi) is 11.4. The van der Waals surface area contributed by atoms with Gasteiger partial charge in [0, 0.05) is 54.0 Å². The van der Waals surface area contributed by atoms with Crippen molar-refractivity contribution in [1.29, 1.82) is 0 Å². The average Bonchev–Trinajstić information content (AvgIpc) is 1.67. The third-order valence-corrected chi connectivity index (χ3v) is 17.1. The van der Waals surface area contributed by atoms with Crippen molar-refractivity contribution in [3.8, 4) is 95.5 Å². The first-order valence-corrected chi connectivity index (χ1v) is 31.2. The van der Waals surface area contributed by atoms with Crippen molar-refractivity contribution in [1.82, 2.24) is 14.1 Å². The Balaban J connectivity index is 0.0000117. The third kappa shape index (κ3) is 12.7. The molecule has 14 aromatic rings. The summed E-state index contributed by atoms with van der Waals surface area (Å²) in [5.41, 5.74) is 4.25. The molecule has 0 saturated heterocycles. The van der Waals surface area contributed by atoms with Gasteiger partial charge < -0.3 is 13.9 Å². The summed E-state index contributed by atoms with van der Waals surface area (Å²) in [4.78, 5) is 4.75. The zero-order valence-electron chi connectivity index (χ0n) is 75.8. The number of hydrogen-bond acceptors (Lipinski definition) is 2. The molecule has 0 aliphatic rings. The van der Waals surface area contributed by atoms with Crippen molar-refractivity contribution in [3.05, 3.63) is 295 Å². The van der Waals surface area contributed by atoms with E-state index >= 15 is 0 Å². The van der Waals surface area contributed by atoms with E-state index in [0.717, 1.165) is 33.2 Å². The summed E-state index contributed by atoms with van der Waals surface area (Å²) >= 11 is 0. The maximum Gasteiger partial charge on any atom is 0.268 e. The van der Waals surface area contributed by atoms with Crippen LogP contribution in [0.3, 0.4) is 0 Å². The number of ether oxygens (including phenoxy) is 1. The summed E-state index contributed by atoms with van der Waals surface area (Å²) in [7, 11) is 0. The monoisotopic (exact) mass is 1440 g/mol. The van der Waals surface area contributed by atoms with Gasteiger partial charge in [-0.05, 0) is 165 Å². The normalized spacial score (nSPS) is 15.4. The predicted octanol–water partition coefficient (Wildman–Crippen LogP) is 23.1. The van der Waals surface area contributed by atoms with Crippen LogP contribution in [-0.4, -0.2) is 14.1 Å². The van der Waals surface area contributed by atoms with Crippen LogP contribution in [0, 0.1) is 25.3 Å². The first-order chi connectivity index (χ1) is 53.7. The Hall–Kier alpha value is -9.67. The molecule has 5 nitrogen and oxygen atoms in total. The molecule has 0 bridgehead atoms. The first kappa shape index (κ1) is 43.3. The minimum absolute atomic E-state index is 0. The second kappa shape index (κ2) is 24.9. The van der Waals surface area contributed by atoms with Gasteiger partial charge in [-0.25, -0.2) is 4.98 Å². The smallest absolute Gasteiger partial charge is 0.268 e. The fourth-order valence-corrected chi connectivity index (χ4v) is 11.8. The van der Waals surface area contributed by atoms with Crippen LogP contribution in [-0.2, 0) is 42.7 Å². The Morgan fingerprint density at radius 3 is 1.61 bits per heavy atom. The Bertz CT molecular complexity index is 6240. The van der Waals surface area contributed by atoms with Crippen molar-refractivity contribution in [3.63, 3.8) is 0 Å². The number of hydrogen-bond donors (Lipinski definition) is 0. The van der Waals surface area contributed by atoms with Gasteiger partial charge in [0.05, 0.1) is 41.4 Å². The summed E-state index contributed by atoms with van der Waals surface area (Å²) in [6, 6.07) is 36.0. The van der Waals surface area contributed by atoms with Crippen LogP contribution in [0.4, 0.5) is 0 Å². The van der Waals surface area contributed by atoms with E-state index in [1.807, 2.05) is 86.0 Å². The number of pyridine rings is 1. The van der Waals surface area contributed by atoms with Crippen molar-refractivity contribution in [2.24, 2.45) is 0 Å². The van der Waals surface area contributed by atoms with Crippen LogP contribution in [0.5, 0.6) is 11.5 Å². The molecule has 0 spiro atoms. The van der Waals surface area contributed by atoms with Crippen LogP contribution < -0.4 is 9.30 Å². The fourth-order valence-electron chi connectivity index (χ4n) is 11.8. The molecular formula is C89H80N4OPt-2. The molecule has 0 unspecified atom stereocenters. The largest absolute Gasteiger partial charge is 0.510 e. The van der Waals surface area contributed by atoms with Gasteiger partial charge in [-0.3, -0.25) is 4.57 Å². The summed E-state index contributed by atoms with van der Waals surface area (Å²) in [5, 5.41) is 1.43. The molecule has 11 aromatic carbocycles. The zero-order valence-corrected chi connectivity index (χ0v) is 57.1. The quantitative estimate of drug-likeness (QED) is 0.0956. The Morgan fingerprint density at radius 2 is 1.00 bits per heavy atom. The van der Waals surface area contributed by atoms with Crippen LogP contribution >= 0.6 is 0 Å². The number of benzene rings is 11. The van der Waals surface area contributed by atoms with Crippen molar-refractivity contribution >= 4 is 32.8 Å². The van der Waals surface area contributed by atoms with Gasteiger partial charge in [-0.1, -0.05) is 264 Å². The standard InChI is InChI=1S/C89H80N4O.Pt/c1-58-44-84(90-56-79(58)62-30-21-16-22-31-62)93-80-35-24-23-34-75(80)76-42-41-74(55-82(76)93)94-73-33-25-32-72(54-73)91-57-92(81-43-38-63(50-83(81)91)61-36-39-68(40-37-61)86(2,3)4)85-77(66-46-64(59-26-17-14-18-27-59)45-65(47-66)60-28-19-15-20-29-60)52-71(89(11,12)13)53-78(85)67-48-69(87(5,6)7)51-70(49-67)88(8,9)10;/h14-53,56H,1-13H3;/q-2;/i1D3,14D,15D,16D,17D,18D,19D,20D,21D,22D,26D,27D,28D,29D,30D,31D,45D,46D,47D;. The van der Waals surface area contributed by atoms with Gasteiger partial charge >= 0.3 is 0 Å². The Morgan fingerprint density at radius 1 is 0.442 bits per heavy atom. The molecule has 0 fully saturated rings. The molecule has 3 heterocycles. The molecule has 0 atom stereocenters. The van der Waals surface area contributed by atoms with Gasteiger partial charge in [0.2, 0.25) is 0 Å². The maximum absolute atomic E-state index is 10.7. The number of imidazole rings is 1. The van der Waals surface area contributed by atoms with E-state index in [4.69, 9.17) is 28.9 Å². The molecule has 0 aliphatic heterocycles. The first-order valence-electron chi connectivity index (χ1n) is 41.7.